The van der Waals surface area contributed by atoms with Gasteiger partial charge in [-0.2, -0.15) is 0 Å². The minimum Gasteiger partial charge on any atom is -0.388 e. The Morgan fingerprint density at radius 3 is 2.30 bits per heavy atom. The summed E-state index contributed by atoms with van der Waals surface area (Å²) >= 11 is 0. The van der Waals surface area contributed by atoms with Crippen molar-refractivity contribution in [3.05, 3.63) is 0 Å². The summed E-state index contributed by atoms with van der Waals surface area (Å²) in [7, 11) is 0. The number of nitrogens with two attached hydrogens (primary N) is 1. The van der Waals surface area contributed by atoms with Crippen LogP contribution < -0.4 is 5.73 Å². The smallest absolute Gasteiger partial charge is 0.134 e. The lowest BCUT2D eigenvalue weighted by molar-refractivity contribution is -0.184. The predicted octanol–water partition coefficient (Wildman–Crippen LogP) is -2.62. The number of rotatable bonds is 0. The van der Waals surface area contributed by atoms with E-state index in [-0.39, 0.29) is 6.61 Å². The first-order valence-corrected chi connectivity index (χ1v) is 3.04. The van der Waals surface area contributed by atoms with E-state index in [1.54, 1.807) is 0 Å². The van der Waals surface area contributed by atoms with Gasteiger partial charge in [0, 0.05) is 0 Å². The Kier molecular flexibility index (Phi) is 2.22. The summed E-state index contributed by atoms with van der Waals surface area (Å²) < 4.78 is 4.69. The van der Waals surface area contributed by atoms with Crippen molar-refractivity contribution in [2.75, 3.05) is 6.61 Å². The van der Waals surface area contributed by atoms with Gasteiger partial charge in [-0.15, -0.1) is 0 Å². The summed E-state index contributed by atoms with van der Waals surface area (Å²) in [6, 6.07) is 0. The molecule has 4 atom stereocenters. The first kappa shape index (κ1) is 7.90. The van der Waals surface area contributed by atoms with Crippen LogP contribution in [-0.4, -0.2) is 46.5 Å². The predicted molar refractivity (Wildman–Crippen MR) is 31.9 cm³/mol. The maximum absolute atomic E-state index is 8.96. The molecule has 1 rings (SSSR count). The molecule has 5 N–H and O–H groups in total. The van der Waals surface area contributed by atoms with E-state index in [0.717, 1.165) is 0 Å². The Labute approximate surface area is 58.0 Å². The molecule has 0 spiro atoms. The molecule has 10 heavy (non-hydrogen) atoms. The van der Waals surface area contributed by atoms with Crippen molar-refractivity contribution < 1.29 is 20.1 Å². The minimum atomic E-state index is -1.19. The van der Waals surface area contributed by atoms with Crippen molar-refractivity contribution in [1.29, 1.82) is 0 Å². The number of hydrogen-bond acceptors (Lipinski definition) is 5. The fraction of sp³-hybridized carbons (Fsp3) is 1.00. The molecule has 5 heteroatoms. The Morgan fingerprint density at radius 1 is 1.20 bits per heavy atom. The summed E-state index contributed by atoms with van der Waals surface area (Å²) in [6.45, 7) is -0.0284. The van der Waals surface area contributed by atoms with Crippen LogP contribution in [-0.2, 0) is 4.74 Å². The largest absolute Gasteiger partial charge is 0.388 e. The van der Waals surface area contributed by atoms with Crippen LogP contribution >= 0.6 is 0 Å². The van der Waals surface area contributed by atoms with E-state index in [9.17, 15) is 0 Å². The van der Waals surface area contributed by atoms with Gasteiger partial charge in [0.05, 0.1) is 6.61 Å². The number of hydrogen-bond donors (Lipinski definition) is 4. The highest BCUT2D eigenvalue weighted by Gasteiger charge is 2.35. The fourth-order valence-corrected chi connectivity index (χ4v) is 0.829. The summed E-state index contributed by atoms with van der Waals surface area (Å²) in [6.07, 6.45) is -4.30. The van der Waals surface area contributed by atoms with Gasteiger partial charge in [-0.25, -0.2) is 0 Å². The molecule has 0 aromatic rings. The maximum atomic E-state index is 8.96. The van der Waals surface area contributed by atoms with Gasteiger partial charge in [0.1, 0.15) is 24.5 Å². The third-order valence-electron chi connectivity index (χ3n) is 1.54. The van der Waals surface area contributed by atoms with E-state index in [2.05, 4.69) is 0 Å². The van der Waals surface area contributed by atoms with Gasteiger partial charge in [0.25, 0.3) is 0 Å². The molecule has 0 unspecified atom stereocenters. The standard InChI is InChI=1S/C5H11NO4/c6-5-4(9)3(8)2(7)1-10-5/h2-5,7-9H,1,6H2/t2-,3+,4-,5+/m0/s1. The molecule has 1 fully saturated rings. The molecule has 1 aliphatic rings. The third-order valence-corrected chi connectivity index (χ3v) is 1.54. The molecule has 0 aliphatic carbocycles. The summed E-state index contributed by atoms with van der Waals surface area (Å²) in [5.41, 5.74) is 5.19. The monoisotopic (exact) mass is 149 g/mol. The van der Waals surface area contributed by atoms with Crippen LogP contribution in [0.1, 0.15) is 0 Å². The van der Waals surface area contributed by atoms with Crippen LogP contribution in [0.4, 0.5) is 0 Å². The molecule has 1 aliphatic heterocycles. The summed E-state index contributed by atoms with van der Waals surface area (Å²) in [5, 5.41) is 26.8. The molecule has 0 amide bonds. The van der Waals surface area contributed by atoms with Gasteiger partial charge >= 0.3 is 0 Å². The van der Waals surface area contributed by atoms with E-state index < -0.39 is 24.5 Å². The van der Waals surface area contributed by atoms with Crippen molar-refractivity contribution in [2.24, 2.45) is 5.73 Å². The normalized spacial score (nSPS) is 49.2. The lowest BCUT2D eigenvalue weighted by Gasteiger charge is -2.32. The molecule has 0 aromatic heterocycles. The van der Waals surface area contributed by atoms with Crippen LogP contribution in [0.3, 0.4) is 0 Å². The number of ether oxygens (including phenoxy) is 1. The van der Waals surface area contributed by atoms with Crippen molar-refractivity contribution >= 4 is 0 Å². The first-order valence-electron chi connectivity index (χ1n) is 3.04. The van der Waals surface area contributed by atoms with E-state index in [1.807, 2.05) is 0 Å². The van der Waals surface area contributed by atoms with Crippen LogP contribution in [0.2, 0.25) is 0 Å². The second kappa shape index (κ2) is 2.81. The summed E-state index contributed by atoms with van der Waals surface area (Å²) in [5.74, 6) is 0. The minimum absolute atomic E-state index is 0.0284. The molecular formula is C5H11NO4. The van der Waals surface area contributed by atoms with Gasteiger partial charge in [-0.3, -0.25) is 0 Å². The van der Waals surface area contributed by atoms with Crippen LogP contribution in [0.5, 0.6) is 0 Å². The average molecular weight is 149 g/mol. The molecule has 60 valence electrons. The Hall–Kier alpha value is -0.200. The second-order valence-electron chi connectivity index (χ2n) is 2.35. The fourth-order valence-electron chi connectivity index (χ4n) is 0.829. The molecule has 0 saturated carbocycles. The molecular weight excluding hydrogens is 138 g/mol. The molecule has 5 nitrogen and oxygen atoms in total. The Balaban J connectivity index is 2.52. The molecule has 1 heterocycles. The van der Waals surface area contributed by atoms with E-state index in [4.69, 9.17) is 25.8 Å². The highest BCUT2D eigenvalue weighted by Crippen LogP contribution is 2.11. The number of aliphatic hydroxyl groups is 3. The zero-order valence-electron chi connectivity index (χ0n) is 5.34. The molecule has 0 aromatic carbocycles. The average Bonchev–Trinajstić information content (AvgIpc) is 1.93. The Morgan fingerprint density at radius 2 is 1.80 bits per heavy atom. The highest BCUT2D eigenvalue weighted by molar-refractivity contribution is 4.83. The molecule has 1 saturated heterocycles. The highest BCUT2D eigenvalue weighted by atomic mass is 16.5. The van der Waals surface area contributed by atoms with Gasteiger partial charge in [0.2, 0.25) is 0 Å². The Bertz CT molecular complexity index is 106. The zero-order chi connectivity index (χ0) is 7.72. The quantitative estimate of drug-likeness (QED) is 0.302. The lowest BCUT2D eigenvalue weighted by Crippen LogP contribution is -2.56. The number of aliphatic hydroxyl groups excluding tert-OH is 3. The van der Waals surface area contributed by atoms with Gasteiger partial charge < -0.3 is 25.8 Å². The van der Waals surface area contributed by atoms with Crippen LogP contribution in [0.25, 0.3) is 0 Å². The third kappa shape index (κ3) is 1.28. The molecule has 0 radical (unpaired) electrons. The molecule has 0 bridgehead atoms. The van der Waals surface area contributed by atoms with E-state index in [1.165, 1.54) is 0 Å². The van der Waals surface area contributed by atoms with Crippen molar-refractivity contribution in [2.45, 2.75) is 24.5 Å². The van der Waals surface area contributed by atoms with Crippen LogP contribution in [0, 0.1) is 0 Å². The van der Waals surface area contributed by atoms with Gasteiger partial charge in [0.15, 0.2) is 0 Å². The van der Waals surface area contributed by atoms with Crippen molar-refractivity contribution in [3.8, 4) is 0 Å². The topological polar surface area (TPSA) is 95.9 Å². The van der Waals surface area contributed by atoms with Gasteiger partial charge in [-0.1, -0.05) is 0 Å². The summed E-state index contributed by atoms with van der Waals surface area (Å²) in [4.78, 5) is 0. The maximum Gasteiger partial charge on any atom is 0.134 e. The van der Waals surface area contributed by atoms with E-state index in [0.29, 0.717) is 0 Å². The zero-order valence-corrected chi connectivity index (χ0v) is 5.34. The van der Waals surface area contributed by atoms with Crippen molar-refractivity contribution in [1.82, 2.24) is 0 Å². The van der Waals surface area contributed by atoms with Gasteiger partial charge in [-0.05, 0) is 0 Å². The van der Waals surface area contributed by atoms with Crippen LogP contribution in [0.15, 0.2) is 0 Å². The SMILES string of the molecule is N[C@@H]1OC[C@H](O)[C@@H](O)[C@@H]1O. The second-order valence-corrected chi connectivity index (χ2v) is 2.35. The van der Waals surface area contributed by atoms with Crippen molar-refractivity contribution in [3.63, 3.8) is 0 Å². The first-order chi connectivity index (χ1) is 4.63. The van der Waals surface area contributed by atoms with E-state index >= 15 is 0 Å². The lowest BCUT2D eigenvalue weighted by atomic mass is 10.1.